The Hall–Kier alpha value is -1.49. The minimum Gasteiger partial charge on any atom is -0.397 e. The van der Waals surface area contributed by atoms with Crippen LogP contribution in [-0.4, -0.2) is 30.2 Å². The Balaban J connectivity index is 2.07. The molecule has 3 N–H and O–H groups in total. The average molecular weight is 237 g/mol. The largest absolute Gasteiger partial charge is 0.397 e. The van der Waals surface area contributed by atoms with Crippen LogP contribution in [0.2, 0.25) is 0 Å². The predicted molar refractivity (Wildman–Crippen MR) is 65.9 cm³/mol. The predicted octanol–water partition coefficient (Wildman–Crippen LogP) is 1.17. The number of anilines is 1. The molecule has 94 valence electrons. The van der Waals surface area contributed by atoms with Gasteiger partial charge < -0.3 is 20.4 Å². The van der Waals surface area contributed by atoms with Crippen molar-refractivity contribution < 1.29 is 9.53 Å². The first kappa shape index (κ1) is 12.0. The molecule has 0 aliphatic heterocycles. The Bertz CT molecular complexity index is 410. The van der Waals surface area contributed by atoms with Crippen molar-refractivity contribution in [2.75, 3.05) is 19.5 Å². The van der Waals surface area contributed by atoms with Crippen LogP contribution in [0.1, 0.15) is 36.3 Å². The zero-order valence-electron chi connectivity index (χ0n) is 10.3. The van der Waals surface area contributed by atoms with Crippen molar-refractivity contribution in [1.82, 2.24) is 9.88 Å². The van der Waals surface area contributed by atoms with Crippen LogP contribution in [0.25, 0.3) is 0 Å². The molecule has 17 heavy (non-hydrogen) atoms. The van der Waals surface area contributed by atoms with Gasteiger partial charge in [0.1, 0.15) is 5.69 Å². The summed E-state index contributed by atoms with van der Waals surface area (Å²) in [5.74, 6) is -0.0850. The van der Waals surface area contributed by atoms with E-state index in [1.165, 1.54) is 0 Å². The van der Waals surface area contributed by atoms with Gasteiger partial charge in [-0.05, 0) is 25.8 Å². The monoisotopic (exact) mass is 237 g/mol. The lowest BCUT2D eigenvalue weighted by Gasteiger charge is -2.13. The molecule has 1 aromatic rings. The van der Waals surface area contributed by atoms with Crippen LogP contribution in [0, 0.1) is 0 Å². The summed E-state index contributed by atoms with van der Waals surface area (Å²) in [5, 5.41) is 2.89. The van der Waals surface area contributed by atoms with E-state index in [4.69, 9.17) is 10.5 Å². The van der Waals surface area contributed by atoms with Gasteiger partial charge in [0.2, 0.25) is 0 Å². The molecular weight excluding hydrogens is 218 g/mol. The fourth-order valence-electron chi connectivity index (χ4n) is 1.93. The zero-order chi connectivity index (χ0) is 12.4. The van der Waals surface area contributed by atoms with E-state index in [0.29, 0.717) is 24.0 Å². The summed E-state index contributed by atoms with van der Waals surface area (Å²) in [6.45, 7) is 2.42. The van der Waals surface area contributed by atoms with E-state index in [-0.39, 0.29) is 11.9 Å². The number of nitrogen functional groups attached to an aromatic ring is 1. The van der Waals surface area contributed by atoms with Gasteiger partial charge in [0.25, 0.3) is 5.91 Å². The standard InChI is InChI=1S/C12H19N3O2/c1-8(7-17-2)14-12(16)11-5-9(13)6-15(11)10-3-4-10/h5-6,8,10H,3-4,7,13H2,1-2H3,(H,14,16). The summed E-state index contributed by atoms with van der Waals surface area (Å²) in [4.78, 5) is 12.1. The number of rotatable bonds is 5. The lowest BCUT2D eigenvalue weighted by Crippen LogP contribution is -2.36. The quantitative estimate of drug-likeness (QED) is 0.807. The number of nitrogens with zero attached hydrogens (tertiary/aromatic N) is 1. The fraction of sp³-hybridized carbons (Fsp3) is 0.583. The van der Waals surface area contributed by atoms with Crippen molar-refractivity contribution in [2.24, 2.45) is 0 Å². The molecule has 1 unspecified atom stereocenters. The summed E-state index contributed by atoms with van der Waals surface area (Å²) >= 11 is 0. The molecule has 1 heterocycles. The molecule has 1 fully saturated rings. The van der Waals surface area contributed by atoms with Gasteiger partial charge in [-0.2, -0.15) is 0 Å². The molecule has 1 aliphatic carbocycles. The van der Waals surface area contributed by atoms with E-state index < -0.39 is 0 Å². The first-order valence-electron chi connectivity index (χ1n) is 5.89. The number of ether oxygens (including phenoxy) is 1. The van der Waals surface area contributed by atoms with E-state index in [0.717, 1.165) is 12.8 Å². The van der Waals surface area contributed by atoms with Gasteiger partial charge in [-0.3, -0.25) is 4.79 Å². The highest BCUT2D eigenvalue weighted by atomic mass is 16.5. The molecule has 0 aromatic carbocycles. The van der Waals surface area contributed by atoms with Gasteiger partial charge in [0.05, 0.1) is 12.3 Å². The Kier molecular flexibility index (Phi) is 3.38. The summed E-state index contributed by atoms with van der Waals surface area (Å²) in [6, 6.07) is 2.18. The summed E-state index contributed by atoms with van der Waals surface area (Å²) < 4.78 is 6.97. The number of carbonyl (C=O) groups excluding carboxylic acids is 1. The number of amides is 1. The minimum absolute atomic E-state index is 0.00345. The number of carbonyl (C=O) groups is 1. The van der Waals surface area contributed by atoms with Gasteiger partial charge in [0.15, 0.2) is 0 Å². The minimum atomic E-state index is -0.0850. The molecular formula is C12H19N3O2. The van der Waals surface area contributed by atoms with Crippen LogP contribution in [0.3, 0.4) is 0 Å². The van der Waals surface area contributed by atoms with E-state index in [1.807, 2.05) is 17.7 Å². The lowest BCUT2D eigenvalue weighted by atomic mass is 10.3. The van der Waals surface area contributed by atoms with Crippen molar-refractivity contribution in [3.8, 4) is 0 Å². The topological polar surface area (TPSA) is 69.3 Å². The van der Waals surface area contributed by atoms with E-state index >= 15 is 0 Å². The maximum Gasteiger partial charge on any atom is 0.268 e. The zero-order valence-corrected chi connectivity index (χ0v) is 10.3. The van der Waals surface area contributed by atoms with Crippen molar-refractivity contribution in [3.63, 3.8) is 0 Å². The summed E-state index contributed by atoms with van der Waals surface area (Å²) in [5.41, 5.74) is 7.03. The number of hydrogen-bond acceptors (Lipinski definition) is 3. The molecule has 0 radical (unpaired) electrons. The van der Waals surface area contributed by atoms with E-state index in [1.54, 1.807) is 13.2 Å². The normalized spacial score (nSPS) is 16.8. The molecule has 1 atom stereocenters. The molecule has 1 saturated carbocycles. The molecule has 1 aromatic heterocycles. The van der Waals surface area contributed by atoms with Gasteiger partial charge in [-0.25, -0.2) is 0 Å². The molecule has 0 saturated heterocycles. The highest BCUT2D eigenvalue weighted by molar-refractivity contribution is 5.94. The Labute approximate surface area is 101 Å². The number of aromatic nitrogens is 1. The molecule has 1 aliphatic rings. The maximum absolute atomic E-state index is 12.1. The summed E-state index contributed by atoms with van der Waals surface area (Å²) in [6.07, 6.45) is 4.09. The average Bonchev–Trinajstić information content (AvgIpc) is 3.02. The highest BCUT2D eigenvalue weighted by Gasteiger charge is 2.27. The van der Waals surface area contributed by atoms with Crippen molar-refractivity contribution in [1.29, 1.82) is 0 Å². The van der Waals surface area contributed by atoms with Gasteiger partial charge in [0, 0.05) is 25.4 Å². The van der Waals surface area contributed by atoms with Crippen molar-refractivity contribution in [2.45, 2.75) is 31.8 Å². The third-order valence-corrected chi connectivity index (χ3v) is 2.84. The lowest BCUT2D eigenvalue weighted by molar-refractivity contribution is 0.0896. The molecule has 0 spiro atoms. The van der Waals surface area contributed by atoms with Crippen molar-refractivity contribution in [3.05, 3.63) is 18.0 Å². The Morgan fingerprint density at radius 2 is 2.41 bits per heavy atom. The van der Waals surface area contributed by atoms with E-state index in [9.17, 15) is 4.79 Å². The van der Waals surface area contributed by atoms with Crippen LogP contribution in [0.15, 0.2) is 12.3 Å². The van der Waals surface area contributed by atoms with Crippen LogP contribution >= 0.6 is 0 Å². The van der Waals surface area contributed by atoms with Crippen LogP contribution in [0.5, 0.6) is 0 Å². The maximum atomic E-state index is 12.1. The van der Waals surface area contributed by atoms with Gasteiger partial charge in [-0.1, -0.05) is 0 Å². The van der Waals surface area contributed by atoms with Crippen molar-refractivity contribution >= 4 is 11.6 Å². The van der Waals surface area contributed by atoms with Crippen LogP contribution in [-0.2, 0) is 4.74 Å². The summed E-state index contributed by atoms with van der Waals surface area (Å²) in [7, 11) is 1.62. The Morgan fingerprint density at radius 3 is 3.00 bits per heavy atom. The second-order valence-electron chi connectivity index (χ2n) is 4.63. The first-order chi connectivity index (χ1) is 8.11. The number of nitrogens with two attached hydrogens (primary N) is 1. The number of nitrogens with one attached hydrogen (secondary N) is 1. The third-order valence-electron chi connectivity index (χ3n) is 2.84. The molecule has 0 bridgehead atoms. The fourth-order valence-corrected chi connectivity index (χ4v) is 1.93. The number of hydrogen-bond donors (Lipinski definition) is 2. The second-order valence-corrected chi connectivity index (χ2v) is 4.63. The SMILES string of the molecule is COCC(C)NC(=O)c1cc(N)cn1C1CC1. The molecule has 5 heteroatoms. The number of methoxy groups -OCH3 is 1. The molecule has 1 amide bonds. The molecule has 2 rings (SSSR count). The Morgan fingerprint density at radius 1 is 1.71 bits per heavy atom. The van der Waals surface area contributed by atoms with Gasteiger partial charge in [-0.15, -0.1) is 0 Å². The van der Waals surface area contributed by atoms with Crippen LogP contribution in [0.4, 0.5) is 5.69 Å². The third kappa shape index (κ3) is 2.79. The highest BCUT2D eigenvalue weighted by Crippen LogP contribution is 2.37. The smallest absolute Gasteiger partial charge is 0.268 e. The second kappa shape index (κ2) is 4.79. The molecule has 5 nitrogen and oxygen atoms in total. The van der Waals surface area contributed by atoms with Crippen LogP contribution < -0.4 is 11.1 Å². The van der Waals surface area contributed by atoms with E-state index in [2.05, 4.69) is 5.32 Å². The first-order valence-corrected chi connectivity index (χ1v) is 5.89. The van der Waals surface area contributed by atoms with Gasteiger partial charge >= 0.3 is 0 Å².